The van der Waals surface area contributed by atoms with Crippen molar-refractivity contribution in [3.05, 3.63) is 42.0 Å². The molecule has 1 fully saturated rings. The monoisotopic (exact) mass is 292 g/mol. The third-order valence-corrected chi connectivity index (χ3v) is 3.50. The van der Waals surface area contributed by atoms with E-state index < -0.39 is 0 Å². The van der Waals surface area contributed by atoms with Gasteiger partial charge in [0.2, 0.25) is 0 Å². The maximum atomic E-state index is 12.4. The van der Waals surface area contributed by atoms with Crippen LogP contribution in [0.15, 0.2) is 36.4 Å². The standard InChI is InChI=1S/C15H16N2O2.ClH/c18-14-10-12-4-2-1-3-11(12)9-13(14)15(19)17-7-5-16-6-8-17;/h1-4,9-10,16,18H,5-8H2;1H. The lowest BCUT2D eigenvalue weighted by Crippen LogP contribution is -2.46. The fraction of sp³-hybridized carbons (Fsp3) is 0.267. The quantitative estimate of drug-likeness (QED) is 0.845. The Kier molecular flexibility index (Phi) is 4.47. The molecule has 0 aliphatic carbocycles. The van der Waals surface area contributed by atoms with E-state index in [0.717, 1.165) is 23.9 Å². The normalized spacial score (nSPS) is 14.9. The van der Waals surface area contributed by atoms with Gasteiger partial charge >= 0.3 is 0 Å². The third kappa shape index (κ3) is 2.71. The van der Waals surface area contributed by atoms with Gasteiger partial charge in [-0.2, -0.15) is 0 Å². The van der Waals surface area contributed by atoms with Gasteiger partial charge in [-0.1, -0.05) is 24.3 Å². The van der Waals surface area contributed by atoms with Crippen LogP contribution in [0.25, 0.3) is 10.8 Å². The summed E-state index contributed by atoms with van der Waals surface area (Å²) in [7, 11) is 0. The fourth-order valence-corrected chi connectivity index (χ4v) is 2.44. The SMILES string of the molecule is Cl.O=C(c1cc2ccccc2cc1O)N1CCNCC1. The second kappa shape index (κ2) is 6.11. The smallest absolute Gasteiger partial charge is 0.257 e. The highest BCUT2D eigenvalue weighted by Crippen LogP contribution is 2.26. The molecule has 5 heteroatoms. The summed E-state index contributed by atoms with van der Waals surface area (Å²) in [5, 5.41) is 15.2. The molecule has 4 nitrogen and oxygen atoms in total. The van der Waals surface area contributed by atoms with Gasteiger partial charge in [0, 0.05) is 26.2 Å². The zero-order valence-electron chi connectivity index (χ0n) is 11.0. The van der Waals surface area contributed by atoms with Crippen LogP contribution in [0, 0.1) is 0 Å². The van der Waals surface area contributed by atoms with Gasteiger partial charge in [-0.15, -0.1) is 12.4 Å². The number of hydrogen-bond donors (Lipinski definition) is 2. The van der Waals surface area contributed by atoms with Crippen molar-refractivity contribution in [2.24, 2.45) is 0 Å². The number of hydrogen-bond acceptors (Lipinski definition) is 3. The highest BCUT2D eigenvalue weighted by molar-refractivity contribution is 6.01. The second-order valence-electron chi connectivity index (χ2n) is 4.76. The van der Waals surface area contributed by atoms with Crippen molar-refractivity contribution in [2.45, 2.75) is 0 Å². The zero-order chi connectivity index (χ0) is 13.2. The molecule has 0 spiro atoms. The van der Waals surface area contributed by atoms with Gasteiger partial charge in [-0.05, 0) is 22.9 Å². The minimum atomic E-state index is -0.0928. The number of amides is 1. The van der Waals surface area contributed by atoms with E-state index in [-0.39, 0.29) is 24.1 Å². The lowest BCUT2D eigenvalue weighted by molar-refractivity contribution is 0.0733. The van der Waals surface area contributed by atoms with Crippen molar-refractivity contribution < 1.29 is 9.90 Å². The number of nitrogens with one attached hydrogen (secondary N) is 1. The summed E-state index contributed by atoms with van der Waals surface area (Å²) in [6.45, 7) is 2.98. The molecule has 0 unspecified atom stereocenters. The first-order chi connectivity index (χ1) is 9.25. The predicted molar refractivity (Wildman–Crippen MR) is 81.6 cm³/mol. The minimum absolute atomic E-state index is 0. The average Bonchev–Trinajstić information content (AvgIpc) is 2.47. The minimum Gasteiger partial charge on any atom is -0.507 e. The summed E-state index contributed by atoms with van der Waals surface area (Å²) >= 11 is 0. The Balaban J connectivity index is 0.00000147. The summed E-state index contributed by atoms with van der Waals surface area (Å²) in [5.41, 5.74) is 0.389. The largest absolute Gasteiger partial charge is 0.507 e. The van der Waals surface area contributed by atoms with Gasteiger partial charge in [0.15, 0.2) is 0 Å². The number of benzene rings is 2. The van der Waals surface area contributed by atoms with Crippen LogP contribution in [0.5, 0.6) is 5.75 Å². The van der Waals surface area contributed by atoms with E-state index in [9.17, 15) is 9.90 Å². The first-order valence-electron chi connectivity index (χ1n) is 6.47. The molecule has 0 bridgehead atoms. The van der Waals surface area contributed by atoms with Crippen LogP contribution in [0.1, 0.15) is 10.4 Å². The van der Waals surface area contributed by atoms with Crippen molar-refractivity contribution in [3.8, 4) is 5.75 Å². The summed E-state index contributed by atoms with van der Waals surface area (Å²) in [5.74, 6) is -0.0352. The van der Waals surface area contributed by atoms with Crippen LogP contribution in [0.3, 0.4) is 0 Å². The Labute approximate surface area is 123 Å². The molecule has 2 aromatic rings. The van der Waals surface area contributed by atoms with Crippen LogP contribution < -0.4 is 5.32 Å². The highest BCUT2D eigenvalue weighted by atomic mass is 35.5. The van der Waals surface area contributed by atoms with E-state index in [1.807, 2.05) is 24.3 Å². The lowest BCUT2D eigenvalue weighted by Gasteiger charge is -2.27. The Bertz CT molecular complexity index is 624. The fourth-order valence-electron chi connectivity index (χ4n) is 2.44. The maximum absolute atomic E-state index is 12.4. The summed E-state index contributed by atoms with van der Waals surface area (Å²) in [6.07, 6.45) is 0. The van der Waals surface area contributed by atoms with E-state index in [2.05, 4.69) is 5.32 Å². The molecular weight excluding hydrogens is 276 g/mol. The number of fused-ring (bicyclic) bond motifs is 1. The molecule has 3 rings (SSSR count). The van der Waals surface area contributed by atoms with Gasteiger partial charge in [0.1, 0.15) is 5.75 Å². The second-order valence-corrected chi connectivity index (χ2v) is 4.76. The molecule has 0 radical (unpaired) electrons. The van der Waals surface area contributed by atoms with Crippen LogP contribution in [-0.4, -0.2) is 42.1 Å². The first kappa shape index (κ1) is 14.6. The molecule has 1 saturated heterocycles. The van der Waals surface area contributed by atoms with E-state index in [0.29, 0.717) is 18.7 Å². The number of halogens is 1. The van der Waals surface area contributed by atoms with Crippen LogP contribution in [0.4, 0.5) is 0 Å². The molecule has 1 aliphatic heterocycles. The molecule has 1 aliphatic rings. The van der Waals surface area contributed by atoms with Crippen molar-refractivity contribution in [1.82, 2.24) is 10.2 Å². The van der Waals surface area contributed by atoms with Gasteiger partial charge < -0.3 is 15.3 Å². The van der Waals surface area contributed by atoms with Crippen molar-refractivity contribution >= 4 is 29.1 Å². The molecule has 0 atom stereocenters. The molecule has 2 aromatic carbocycles. The molecule has 20 heavy (non-hydrogen) atoms. The number of phenolic OH excluding ortho intramolecular Hbond substituents is 1. The van der Waals surface area contributed by atoms with Gasteiger partial charge in [0.25, 0.3) is 5.91 Å². The van der Waals surface area contributed by atoms with E-state index in [1.54, 1.807) is 17.0 Å². The third-order valence-electron chi connectivity index (χ3n) is 3.50. The van der Waals surface area contributed by atoms with E-state index >= 15 is 0 Å². The topological polar surface area (TPSA) is 52.6 Å². The molecule has 1 amide bonds. The van der Waals surface area contributed by atoms with Crippen LogP contribution in [0.2, 0.25) is 0 Å². The number of rotatable bonds is 1. The first-order valence-corrected chi connectivity index (χ1v) is 6.47. The number of aromatic hydroxyl groups is 1. The van der Waals surface area contributed by atoms with E-state index in [4.69, 9.17) is 0 Å². The Morgan fingerprint density at radius 1 is 1.10 bits per heavy atom. The molecule has 2 N–H and O–H groups in total. The number of phenols is 1. The molecule has 1 heterocycles. The van der Waals surface area contributed by atoms with Gasteiger partial charge in [0.05, 0.1) is 5.56 Å². The average molecular weight is 293 g/mol. The number of carbonyl (C=O) groups excluding carboxylic acids is 1. The van der Waals surface area contributed by atoms with Gasteiger partial charge in [-0.3, -0.25) is 4.79 Å². The predicted octanol–water partition coefficient (Wildman–Crippen LogP) is 2.01. The summed E-state index contributed by atoms with van der Waals surface area (Å²) < 4.78 is 0. The molecular formula is C15H17ClN2O2. The van der Waals surface area contributed by atoms with Crippen molar-refractivity contribution in [2.75, 3.05) is 26.2 Å². The molecule has 0 aromatic heterocycles. The van der Waals surface area contributed by atoms with Crippen molar-refractivity contribution in [3.63, 3.8) is 0 Å². The van der Waals surface area contributed by atoms with E-state index in [1.165, 1.54) is 0 Å². The molecule has 106 valence electrons. The van der Waals surface area contributed by atoms with Crippen LogP contribution in [-0.2, 0) is 0 Å². The maximum Gasteiger partial charge on any atom is 0.257 e. The van der Waals surface area contributed by atoms with Crippen molar-refractivity contribution in [1.29, 1.82) is 0 Å². The molecule has 0 saturated carbocycles. The summed E-state index contributed by atoms with van der Waals surface area (Å²) in [4.78, 5) is 14.2. The Morgan fingerprint density at radius 3 is 2.35 bits per heavy atom. The number of nitrogens with zero attached hydrogens (tertiary/aromatic N) is 1. The highest BCUT2D eigenvalue weighted by Gasteiger charge is 2.20. The zero-order valence-corrected chi connectivity index (χ0v) is 11.8. The lowest BCUT2D eigenvalue weighted by atomic mass is 10.0. The Hall–Kier alpha value is -1.78. The van der Waals surface area contributed by atoms with Gasteiger partial charge in [-0.25, -0.2) is 0 Å². The summed E-state index contributed by atoms with van der Waals surface area (Å²) in [6, 6.07) is 11.1. The Morgan fingerprint density at radius 2 is 1.70 bits per heavy atom. The number of piperazine rings is 1. The number of carbonyl (C=O) groups is 1. The van der Waals surface area contributed by atoms with Crippen LogP contribution >= 0.6 is 12.4 Å².